The van der Waals surface area contributed by atoms with Gasteiger partial charge in [-0.2, -0.15) is 5.10 Å². The molecule has 0 radical (unpaired) electrons. The molecule has 0 bridgehead atoms. The van der Waals surface area contributed by atoms with Crippen molar-refractivity contribution in [3.63, 3.8) is 0 Å². The third kappa shape index (κ3) is 3.99. The SMILES string of the molecule is Cl.O=C1CC(NC(=O)C2(n3cccn3)CCNCC2)CN1C1CCCCC1. The molecular formula is C19H30ClN5O2. The van der Waals surface area contributed by atoms with Crippen molar-refractivity contribution >= 4 is 24.2 Å². The van der Waals surface area contributed by atoms with E-state index in [9.17, 15) is 9.59 Å². The van der Waals surface area contributed by atoms with E-state index in [-0.39, 0.29) is 30.3 Å². The molecule has 1 unspecified atom stereocenters. The van der Waals surface area contributed by atoms with Crippen molar-refractivity contribution in [1.82, 2.24) is 25.3 Å². The Morgan fingerprint density at radius 2 is 1.96 bits per heavy atom. The molecule has 1 aromatic heterocycles. The van der Waals surface area contributed by atoms with Crippen LogP contribution in [0.3, 0.4) is 0 Å². The van der Waals surface area contributed by atoms with Gasteiger partial charge in [0.25, 0.3) is 0 Å². The summed E-state index contributed by atoms with van der Waals surface area (Å²) >= 11 is 0. The molecule has 2 N–H and O–H groups in total. The van der Waals surface area contributed by atoms with E-state index in [4.69, 9.17) is 0 Å². The molecule has 8 heteroatoms. The van der Waals surface area contributed by atoms with Crippen molar-refractivity contribution in [3.8, 4) is 0 Å². The average Bonchev–Trinajstić information content (AvgIpc) is 3.33. The highest BCUT2D eigenvalue weighted by atomic mass is 35.5. The molecule has 7 nitrogen and oxygen atoms in total. The van der Waals surface area contributed by atoms with Crippen molar-refractivity contribution < 1.29 is 9.59 Å². The first-order valence-electron chi connectivity index (χ1n) is 10.0. The van der Waals surface area contributed by atoms with E-state index in [0.29, 0.717) is 31.8 Å². The van der Waals surface area contributed by atoms with Crippen molar-refractivity contribution in [2.45, 2.75) is 69.0 Å². The number of aromatic nitrogens is 2. The number of rotatable bonds is 4. The fourth-order valence-corrected chi connectivity index (χ4v) is 4.82. The van der Waals surface area contributed by atoms with E-state index in [0.717, 1.165) is 25.9 Å². The fraction of sp³-hybridized carbons (Fsp3) is 0.737. The molecule has 150 valence electrons. The van der Waals surface area contributed by atoms with E-state index in [1.807, 2.05) is 17.2 Å². The molecule has 2 saturated heterocycles. The molecule has 1 aromatic rings. The van der Waals surface area contributed by atoms with Crippen LogP contribution in [0.25, 0.3) is 0 Å². The van der Waals surface area contributed by atoms with Gasteiger partial charge in [-0.25, -0.2) is 0 Å². The zero-order chi connectivity index (χ0) is 18.0. The highest BCUT2D eigenvalue weighted by Crippen LogP contribution is 2.29. The normalized spacial score (nSPS) is 25.9. The Bertz CT molecular complexity index is 639. The summed E-state index contributed by atoms with van der Waals surface area (Å²) in [6.07, 6.45) is 11.4. The maximum atomic E-state index is 13.2. The second-order valence-corrected chi connectivity index (χ2v) is 7.94. The summed E-state index contributed by atoms with van der Waals surface area (Å²) < 4.78 is 1.80. The predicted octanol–water partition coefficient (Wildman–Crippen LogP) is 1.43. The lowest BCUT2D eigenvalue weighted by Crippen LogP contribution is -2.56. The Kier molecular flexibility index (Phi) is 6.42. The molecule has 1 aliphatic carbocycles. The van der Waals surface area contributed by atoms with Gasteiger partial charge in [0.15, 0.2) is 0 Å². The lowest BCUT2D eigenvalue weighted by atomic mass is 9.87. The third-order valence-electron chi connectivity index (χ3n) is 6.31. The van der Waals surface area contributed by atoms with E-state index in [1.165, 1.54) is 19.3 Å². The predicted molar refractivity (Wildman–Crippen MR) is 105 cm³/mol. The van der Waals surface area contributed by atoms with Crippen molar-refractivity contribution in [1.29, 1.82) is 0 Å². The molecule has 27 heavy (non-hydrogen) atoms. The van der Waals surface area contributed by atoms with E-state index in [1.54, 1.807) is 10.9 Å². The zero-order valence-electron chi connectivity index (χ0n) is 15.7. The summed E-state index contributed by atoms with van der Waals surface area (Å²) in [5, 5.41) is 10.9. The first kappa shape index (κ1) is 20.1. The minimum Gasteiger partial charge on any atom is -0.349 e. The summed E-state index contributed by atoms with van der Waals surface area (Å²) in [6, 6.07) is 2.15. The molecule has 3 aliphatic rings. The number of nitrogens with zero attached hydrogens (tertiary/aromatic N) is 3. The highest BCUT2D eigenvalue weighted by molar-refractivity contribution is 5.87. The van der Waals surface area contributed by atoms with Crippen LogP contribution in [-0.2, 0) is 15.1 Å². The first-order chi connectivity index (χ1) is 12.7. The van der Waals surface area contributed by atoms with Crippen LogP contribution >= 0.6 is 12.4 Å². The van der Waals surface area contributed by atoms with Crippen LogP contribution in [0.15, 0.2) is 18.5 Å². The van der Waals surface area contributed by atoms with Crippen LogP contribution in [-0.4, -0.2) is 58.2 Å². The van der Waals surface area contributed by atoms with Crippen molar-refractivity contribution in [2.24, 2.45) is 0 Å². The minimum atomic E-state index is -0.643. The quantitative estimate of drug-likeness (QED) is 0.808. The third-order valence-corrected chi connectivity index (χ3v) is 6.31. The largest absolute Gasteiger partial charge is 0.349 e. The van der Waals surface area contributed by atoms with Crippen LogP contribution in [0, 0.1) is 0 Å². The standard InChI is InChI=1S/C19H29N5O2.ClH/c25-17-13-15(14-23(17)16-5-2-1-3-6-16)22-18(26)19(7-10-20-11-8-19)24-12-4-9-21-24;/h4,9,12,15-16,20H,1-3,5-8,10-11,13-14H2,(H,22,26);1H. The molecule has 3 heterocycles. The molecule has 2 amide bonds. The summed E-state index contributed by atoms with van der Waals surface area (Å²) in [4.78, 5) is 27.8. The summed E-state index contributed by atoms with van der Waals surface area (Å²) in [7, 11) is 0. The van der Waals surface area contributed by atoms with Crippen molar-refractivity contribution in [2.75, 3.05) is 19.6 Å². The number of piperidine rings is 1. The lowest BCUT2D eigenvalue weighted by molar-refractivity contribution is -0.132. The maximum absolute atomic E-state index is 13.2. The van der Waals surface area contributed by atoms with Gasteiger partial charge in [0.2, 0.25) is 11.8 Å². The van der Waals surface area contributed by atoms with Gasteiger partial charge in [0, 0.05) is 31.4 Å². The molecule has 4 rings (SSSR count). The summed E-state index contributed by atoms with van der Waals surface area (Å²) in [6.45, 7) is 2.25. The van der Waals surface area contributed by atoms with E-state index >= 15 is 0 Å². The Hall–Kier alpha value is -1.60. The smallest absolute Gasteiger partial charge is 0.248 e. The Balaban J connectivity index is 0.00000210. The van der Waals surface area contributed by atoms with Crippen LogP contribution in [0.5, 0.6) is 0 Å². The molecule has 1 atom stereocenters. The van der Waals surface area contributed by atoms with Gasteiger partial charge >= 0.3 is 0 Å². The zero-order valence-corrected chi connectivity index (χ0v) is 16.5. The van der Waals surface area contributed by atoms with Gasteiger partial charge in [0.05, 0.1) is 6.04 Å². The lowest BCUT2D eigenvalue weighted by Gasteiger charge is -2.37. The van der Waals surface area contributed by atoms with Gasteiger partial charge < -0.3 is 15.5 Å². The topological polar surface area (TPSA) is 79.3 Å². The summed E-state index contributed by atoms with van der Waals surface area (Å²) in [5.41, 5.74) is -0.643. The molecule has 0 spiro atoms. The van der Waals surface area contributed by atoms with E-state index < -0.39 is 5.54 Å². The molecular weight excluding hydrogens is 366 g/mol. The number of nitrogens with one attached hydrogen (secondary N) is 2. The number of likely N-dealkylation sites (tertiary alicyclic amines) is 1. The van der Waals surface area contributed by atoms with Gasteiger partial charge in [-0.05, 0) is 44.8 Å². The van der Waals surface area contributed by atoms with Gasteiger partial charge in [-0.1, -0.05) is 19.3 Å². The maximum Gasteiger partial charge on any atom is 0.248 e. The van der Waals surface area contributed by atoms with Crippen LogP contribution in [0.1, 0.15) is 51.4 Å². The monoisotopic (exact) mass is 395 g/mol. The summed E-state index contributed by atoms with van der Waals surface area (Å²) in [5.74, 6) is 0.201. The van der Waals surface area contributed by atoms with Gasteiger partial charge in [-0.15, -0.1) is 12.4 Å². The van der Waals surface area contributed by atoms with Crippen LogP contribution < -0.4 is 10.6 Å². The molecule has 0 aromatic carbocycles. The average molecular weight is 396 g/mol. The number of carbonyl (C=O) groups is 2. The number of hydrogen-bond donors (Lipinski definition) is 2. The number of amides is 2. The second-order valence-electron chi connectivity index (χ2n) is 7.94. The number of halogens is 1. The molecule has 2 aliphatic heterocycles. The van der Waals surface area contributed by atoms with Crippen LogP contribution in [0.4, 0.5) is 0 Å². The minimum absolute atomic E-state index is 0. The Morgan fingerprint density at radius 3 is 2.63 bits per heavy atom. The van der Waals surface area contributed by atoms with E-state index in [2.05, 4.69) is 15.7 Å². The number of carbonyl (C=O) groups excluding carboxylic acids is 2. The highest BCUT2D eigenvalue weighted by Gasteiger charge is 2.44. The fourth-order valence-electron chi connectivity index (χ4n) is 4.82. The van der Waals surface area contributed by atoms with Gasteiger partial charge in [-0.3, -0.25) is 14.3 Å². The Labute approximate surface area is 166 Å². The first-order valence-corrected chi connectivity index (χ1v) is 10.0. The number of hydrogen-bond acceptors (Lipinski definition) is 4. The molecule has 1 saturated carbocycles. The second kappa shape index (κ2) is 8.61. The Morgan fingerprint density at radius 1 is 1.22 bits per heavy atom. The van der Waals surface area contributed by atoms with Crippen LogP contribution in [0.2, 0.25) is 0 Å². The van der Waals surface area contributed by atoms with Crippen molar-refractivity contribution in [3.05, 3.63) is 18.5 Å². The van der Waals surface area contributed by atoms with Gasteiger partial charge in [0.1, 0.15) is 5.54 Å². The molecule has 3 fully saturated rings.